The Kier molecular flexibility index (Phi) is 8.05. The van der Waals surface area contributed by atoms with Crippen LogP contribution in [0.3, 0.4) is 0 Å². The number of benzene rings is 2. The molecule has 2 amide bonds. The molecule has 0 heterocycles. The lowest BCUT2D eigenvalue weighted by Crippen LogP contribution is -2.38. The maximum atomic E-state index is 12.6. The molecular weight excluding hydrogens is 336 g/mol. The van der Waals surface area contributed by atoms with Gasteiger partial charge >= 0.3 is 0 Å². The van der Waals surface area contributed by atoms with Crippen molar-refractivity contribution in [3.63, 3.8) is 0 Å². The number of nitrogens with zero attached hydrogens (tertiary/aromatic N) is 1. The van der Waals surface area contributed by atoms with E-state index in [1.807, 2.05) is 38.1 Å². The fourth-order valence-corrected chi connectivity index (χ4v) is 2.99. The lowest BCUT2D eigenvalue weighted by atomic mass is 10.1. The maximum Gasteiger partial charge on any atom is 0.244 e. The van der Waals surface area contributed by atoms with Crippen LogP contribution in [-0.2, 0) is 22.4 Å². The number of anilines is 1. The summed E-state index contributed by atoms with van der Waals surface area (Å²) in [4.78, 5) is 26.7. The van der Waals surface area contributed by atoms with Gasteiger partial charge in [0.05, 0.1) is 6.54 Å². The van der Waals surface area contributed by atoms with Gasteiger partial charge in [0.25, 0.3) is 0 Å². The number of hydrogen-bond acceptors (Lipinski definition) is 2. The molecule has 0 radical (unpaired) electrons. The van der Waals surface area contributed by atoms with E-state index in [2.05, 4.69) is 36.5 Å². The smallest absolute Gasteiger partial charge is 0.244 e. The second kappa shape index (κ2) is 10.5. The molecule has 0 atom stereocenters. The zero-order valence-electron chi connectivity index (χ0n) is 16.6. The van der Waals surface area contributed by atoms with Crippen molar-refractivity contribution in [3.8, 4) is 0 Å². The number of para-hydroxylation sites is 1. The van der Waals surface area contributed by atoms with E-state index in [1.165, 1.54) is 5.56 Å². The van der Waals surface area contributed by atoms with E-state index in [0.29, 0.717) is 19.4 Å². The Morgan fingerprint density at radius 3 is 2.26 bits per heavy atom. The summed E-state index contributed by atoms with van der Waals surface area (Å²) < 4.78 is 0. The highest BCUT2D eigenvalue weighted by atomic mass is 16.2. The fraction of sp³-hybridized carbons (Fsp3) is 0.391. The molecule has 0 bridgehead atoms. The summed E-state index contributed by atoms with van der Waals surface area (Å²) in [6.07, 6.45) is 2.96. The molecule has 2 aromatic carbocycles. The van der Waals surface area contributed by atoms with E-state index in [4.69, 9.17) is 0 Å². The zero-order valence-corrected chi connectivity index (χ0v) is 16.6. The molecule has 2 rings (SSSR count). The molecule has 144 valence electrons. The van der Waals surface area contributed by atoms with E-state index in [9.17, 15) is 9.59 Å². The number of hydrogen-bond donors (Lipinski definition) is 1. The second-order valence-electron chi connectivity index (χ2n) is 6.85. The molecule has 2 aromatic rings. The molecule has 27 heavy (non-hydrogen) atoms. The van der Waals surface area contributed by atoms with Crippen LogP contribution in [0.1, 0.15) is 43.4 Å². The Balaban J connectivity index is 1.91. The van der Waals surface area contributed by atoms with Crippen LogP contribution in [0.2, 0.25) is 0 Å². The van der Waals surface area contributed by atoms with Crippen LogP contribution in [0.25, 0.3) is 0 Å². The molecule has 1 N–H and O–H groups in total. The summed E-state index contributed by atoms with van der Waals surface area (Å²) in [5.74, 6) is -0.130. The summed E-state index contributed by atoms with van der Waals surface area (Å²) >= 11 is 0. The molecule has 0 aliphatic carbocycles. The Labute approximate surface area is 162 Å². The van der Waals surface area contributed by atoms with Crippen molar-refractivity contribution in [1.82, 2.24) is 4.90 Å². The Morgan fingerprint density at radius 2 is 1.63 bits per heavy atom. The fourth-order valence-electron chi connectivity index (χ4n) is 2.99. The van der Waals surface area contributed by atoms with Crippen molar-refractivity contribution >= 4 is 17.5 Å². The molecule has 0 aliphatic rings. The van der Waals surface area contributed by atoms with E-state index >= 15 is 0 Å². The first-order valence-corrected chi connectivity index (χ1v) is 9.74. The standard InChI is InChI=1S/C23H30N2O2/c1-4-16-25(17-22(26)24-21-9-7-6-8-18(21)3)23(27)15-14-20-12-10-19(5-2)11-13-20/h6-13H,4-5,14-17H2,1-3H3,(H,24,26). The number of amides is 2. The average Bonchev–Trinajstić information content (AvgIpc) is 2.68. The number of aryl methyl sites for hydroxylation is 3. The Morgan fingerprint density at radius 1 is 0.963 bits per heavy atom. The van der Waals surface area contributed by atoms with Crippen LogP contribution in [0.5, 0.6) is 0 Å². The van der Waals surface area contributed by atoms with Crippen LogP contribution in [0, 0.1) is 6.92 Å². The lowest BCUT2D eigenvalue weighted by molar-refractivity contribution is -0.134. The van der Waals surface area contributed by atoms with Gasteiger partial charge in [0.15, 0.2) is 0 Å². The summed E-state index contributed by atoms with van der Waals surface area (Å²) in [6.45, 7) is 6.78. The quantitative estimate of drug-likeness (QED) is 0.716. The largest absolute Gasteiger partial charge is 0.333 e. The normalized spacial score (nSPS) is 10.5. The predicted octanol–water partition coefficient (Wildman–Crippen LogP) is 4.37. The second-order valence-corrected chi connectivity index (χ2v) is 6.85. The van der Waals surface area contributed by atoms with Gasteiger partial charge in [-0.2, -0.15) is 0 Å². The summed E-state index contributed by atoms with van der Waals surface area (Å²) in [7, 11) is 0. The highest BCUT2D eigenvalue weighted by molar-refractivity contribution is 5.95. The minimum absolute atomic E-state index is 0.0244. The minimum Gasteiger partial charge on any atom is -0.333 e. The van der Waals surface area contributed by atoms with E-state index in [-0.39, 0.29) is 18.4 Å². The first kappa shape index (κ1) is 20.7. The van der Waals surface area contributed by atoms with Crippen molar-refractivity contribution in [3.05, 3.63) is 65.2 Å². The van der Waals surface area contributed by atoms with Crippen LogP contribution in [0.15, 0.2) is 48.5 Å². The number of carbonyl (C=O) groups is 2. The number of carbonyl (C=O) groups excluding carboxylic acids is 2. The van der Waals surface area contributed by atoms with Crippen LogP contribution < -0.4 is 5.32 Å². The Bertz CT molecular complexity index is 753. The molecule has 0 fully saturated rings. The van der Waals surface area contributed by atoms with E-state index < -0.39 is 0 Å². The first-order valence-electron chi connectivity index (χ1n) is 9.74. The molecule has 0 saturated carbocycles. The van der Waals surface area contributed by atoms with Gasteiger partial charge in [-0.3, -0.25) is 9.59 Å². The molecule has 0 spiro atoms. The lowest BCUT2D eigenvalue weighted by Gasteiger charge is -2.22. The van der Waals surface area contributed by atoms with Crippen molar-refractivity contribution in [2.75, 3.05) is 18.4 Å². The topological polar surface area (TPSA) is 49.4 Å². The molecule has 0 unspecified atom stereocenters. The first-order chi connectivity index (χ1) is 13.0. The van der Waals surface area contributed by atoms with Crippen molar-refractivity contribution < 1.29 is 9.59 Å². The van der Waals surface area contributed by atoms with Gasteiger partial charge in [-0.1, -0.05) is 56.3 Å². The van der Waals surface area contributed by atoms with Gasteiger partial charge in [-0.05, 0) is 48.9 Å². The predicted molar refractivity (Wildman–Crippen MR) is 111 cm³/mol. The van der Waals surface area contributed by atoms with Crippen molar-refractivity contribution in [1.29, 1.82) is 0 Å². The third-order valence-corrected chi connectivity index (χ3v) is 4.66. The van der Waals surface area contributed by atoms with Crippen molar-refractivity contribution in [2.45, 2.75) is 46.5 Å². The van der Waals surface area contributed by atoms with Crippen LogP contribution >= 0.6 is 0 Å². The number of nitrogens with one attached hydrogen (secondary N) is 1. The van der Waals surface area contributed by atoms with Gasteiger partial charge in [-0.15, -0.1) is 0 Å². The summed E-state index contributed by atoms with van der Waals surface area (Å²) in [6, 6.07) is 16.0. The van der Waals surface area contributed by atoms with E-state index in [0.717, 1.165) is 29.7 Å². The zero-order chi connectivity index (χ0) is 19.6. The Hall–Kier alpha value is -2.62. The van der Waals surface area contributed by atoms with Gasteiger partial charge < -0.3 is 10.2 Å². The highest BCUT2D eigenvalue weighted by Gasteiger charge is 2.17. The van der Waals surface area contributed by atoms with Gasteiger partial charge in [0.2, 0.25) is 11.8 Å². The molecule has 4 nitrogen and oxygen atoms in total. The minimum atomic E-state index is -0.154. The summed E-state index contributed by atoms with van der Waals surface area (Å²) in [5.41, 5.74) is 4.25. The van der Waals surface area contributed by atoms with Crippen LogP contribution in [-0.4, -0.2) is 29.8 Å². The monoisotopic (exact) mass is 366 g/mol. The third-order valence-electron chi connectivity index (χ3n) is 4.66. The maximum absolute atomic E-state index is 12.6. The molecule has 0 aliphatic heterocycles. The van der Waals surface area contributed by atoms with E-state index in [1.54, 1.807) is 4.90 Å². The van der Waals surface area contributed by atoms with Crippen molar-refractivity contribution in [2.24, 2.45) is 0 Å². The SMILES string of the molecule is CCCN(CC(=O)Nc1ccccc1C)C(=O)CCc1ccc(CC)cc1. The third kappa shape index (κ3) is 6.55. The molecule has 0 aromatic heterocycles. The summed E-state index contributed by atoms with van der Waals surface area (Å²) in [5, 5.41) is 2.91. The van der Waals surface area contributed by atoms with Gasteiger partial charge in [0.1, 0.15) is 0 Å². The number of rotatable bonds is 9. The average molecular weight is 367 g/mol. The molecule has 0 saturated heterocycles. The molecule has 4 heteroatoms. The highest BCUT2D eigenvalue weighted by Crippen LogP contribution is 2.13. The van der Waals surface area contributed by atoms with Crippen LogP contribution in [0.4, 0.5) is 5.69 Å². The van der Waals surface area contributed by atoms with Gasteiger partial charge in [-0.25, -0.2) is 0 Å². The molecular formula is C23H30N2O2. The van der Waals surface area contributed by atoms with Gasteiger partial charge in [0, 0.05) is 18.7 Å².